The summed E-state index contributed by atoms with van der Waals surface area (Å²) < 4.78 is 9.93. The number of carbonyl (C=O) groups excluding carboxylic acids is 1. The molecule has 7 heteroatoms. The molecule has 0 atom stereocenters. The second-order valence-electron chi connectivity index (χ2n) is 6.08. The molecule has 144 valence electrons. The summed E-state index contributed by atoms with van der Waals surface area (Å²) in [5, 5.41) is 6.50. The number of carbonyl (C=O) groups is 1. The lowest BCUT2D eigenvalue weighted by Crippen LogP contribution is -2.06. The van der Waals surface area contributed by atoms with Crippen molar-refractivity contribution in [2.45, 2.75) is 13.5 Å². The highest BCUT2D eigenvalue weighted by atomic mass is 16.5. The van der Waals surface area contributed by atoms with Gasteiger partial charge in [-0.15, -0.1) is 0 Å². The Labute approximate surface area is 163 Å². The smallest absolute Gasteiger partial charge is 0.337 e. The Bertz CT molecular complexity index is 958. The van der Waals surface area contributed by atoms with Crippen molar-refractivity contribution in [1.82, 2.24) is 9.97 Å². The van der Waals surface area contributed by atoms with Gasteiger partial charge in [-0.05, 0) is 42.8 Å². The summed E-state index contributed by atoms with van der Waals surface area (Å²) in [5.41, 5.74) is 2.32. The predicted octanol–water partition coefficient (Wildman–Crippen LogP) is 3.94. The topological polar surface area (TPSA) is 85.4 Å². The van der Waals surface area contributed by atoms with Gasteiger partial charge in [-0.25, -0.2) is 14.8 Å². The number of nitrogens with one attached hydrogen (secondary N) is 2. The van der Waals surface area contributed by atoms with Gasteiger partial charge in [0.15, 0.2) is 0 Å². The number of esters is 1. The van der Waals surface area contributed by atoms with Crippen LogP contribution in [0.15, 0.2) is 54.6 Å². The van der Waals surface area contributed by atoms with Crippen LogP contribution in [0.5, 0.6) is 5.75 Å². The highest BCUT2D eigenvalue weighted by Crippen LogP contribution is 2.20. The zero-order valence-corrected chi connectivity index (χ0v) is 16.0. The van der Waals surface area contributed by atoms with Gasteiger partial charge in [-0.3, -0.25) is 0 Å². The number of benzene rings is 2. The number of hydrogen-bond donors (Lipinski definition) is 2. The maximum atomic E-state index is 11.7. The molecular formula is C21H22N4O3. The summed E-state index contributed by atoms with van der Waals surface area (Å²) in [7, 11) is 3.00. The molecule has 0 amide bonds. The van der Waals surface area contributed by atoms with E-state index in [1.165, 1.54) is 7.11 Å². The SMILES string of the molecule is COC(=O)c1cccc(Nc2cc(NCc3ccc(OC)cc3)nc(C)n2)c1. The first-order chi connectivity index (χ1) is 13.6. The first-order valence-electron chi connectivity index (χ1n) is 8.75. The van der Waals surface area contributed by atoms with E-state index in [0.717, 1.165) is 17.0 Å². The standard InChI is InChI=1S/C21H22N4O3/c1-14-23-19(22-13-15-7-9-18(27-2)10-8-15)12-20(24-14)25-17-6-4-5-16(11-17)21(26)28-3/h4-12H,13H2,1-3H3,(H2,22,23,24,25). The second kappa shape index (κ2) is 8.85. The van der Waals surface area contributed by atoms with Crippen LogP contribution in [0.4, 0.5) is 17.3 Å². The fourth-order valence-electron chi connectivity index (χ4n) is 2.65. The molecule has 0 saturated heterocycles. The van der Waals surface area contributed by atoms with Crippen molar-refractivity contribution >= 4 is 23.3 Å². The van der Waals surface area contributed by atoms with E-state index in [1.807, 2.05) is 43.3 Å². The van der Waals surface area contributed by atoms with Gasteiger partial charge in [-0.2, -0.15) is 0 Å². The van der Waals surface area contributed by atoms with Crippen molar-refractivity contribution in [3.63, 3.8) is 0 Å². The third-order valence-corrected chi connectivity index (χ3v) is 4.03. The Balaban J connectivity index is 1.71. The number of nitrogens with zero attached hydrogens (tertiary/aromatic N) is 2. The third kappa shape index (κ3) is 4.97. The van der Waals surface area contributed by atoms with Crippen molar-refractivity contribution < 1.29 is 14.3 Å². The zero-order valence-electron chi connectivity index (χ0n) is 16.0. The van der Waals surface area contributed by atoms with Crippen LogP contribution in [0.25, 0.3) is 0 Å². The summed E-state index contributed by atoms with van der Waals surface area (Å²) in [4.78, 5) is 20.5. The molecule has 3 rings (SSSR count). The number of rotatable bonds is 7. The normalized spacial score (nSPS) is 10.2. The zero-order chi connectivity index (χ0) is 19.9. The van der Waals surface area contributed by atoms with E-state index >= 15 is 0 Å². The van der Waals surface area contributed by atoms with Gasteiger partial charge < -0.3 is 20.1 Å². The molecular weight excluding hydrogens is 356 g/mol. The molecule has 2 aromatic carbocycles. The maximum absolute atomic E-state index is 11.7. The highest BCUT2D eigenvalue weighted by molar-refractivity contribution is 5.90. The Hall–Kier alpha value is -3.61. The average molecular weight is 378 g/mol. The van der Waals surface area contributed by atoms with Gasteiger partial charge in [0.25, 0.3) is 0 Å². The van der Waals surface area contributed by atoms with Crippen LogP contribution in [0.1, 0.15) is 21.7 Å². The molecule has 1 heterocycles. The lowest BCUT2D eigenvalue weighted by Gasteiger charge is -2.11. The number of aryl methyl sites for hydroxylation is 1. The summed E-state index contributed by atoms with van der Waals surface area (Å²) >= 11 is 0. The van der Waals surface area contributed by atoms with Gasteiger partial charge in [0.1, 0.15) is 23.2 Å². The van der Waals surface area contributed by atoms with Gasteiger partial charge >= 0.3 is 5.97 Å². The van der Waals surface area contributed by atoms with Gasteiger partial charge in [0, 0.05) is 18.3 Å². The average Bonchev–Trinajstić information content (AvgIpc) is 2.72. The quantitative estimate of drug-likeness (QED) is 0.602. The first-order valence-corrected chi connectivity index (χ1v) is 8.75. The Kier molecular flexibility index (Phi) is 6.06. The molecule has 3 aromatic rings. The van der Waals surface area contributed by atoms with Crippen molar-refractivity contribution in [2.75, 3.05) is 24.9 Å². The number of hydrogen-bond acceptors (Lipinski definition) is 7. The number of aromatic nitrogens is 2. The summed E-state index contributed by atoms with van der Waals surface area (Å²) in [6, 6.07) is 16.7. The Morgan fingerprint density at radius 2 is 1.75 bits per heavy atom. The van der Waals surface area contributed by atoms with E-state index in [2.05, 4.69) is 20.6 Å². The molecule has 0 aliphatic heterocycles. The summed E-state index contributed by atoms with van der Waals surface area (Å²) in [6.07, 6.45) is 0. The minimum atomic E-state index is -0.385. The lowest BCUT2D eigenvalue weighted by atomic mass is 10.2. The van der Waals surface area contributed by atoms with Crippen LogP contribution in [0.3, 0.4) is 0 Å². The largest absolute Gasteiger partial charge is 0.497 e. The third-order valence-electron chi connectivity index (χ3n) is 4.03. The Morgan fingerprint density at radius 1 is 1.00 bits per heavy atom. The van der Waals surface area contributed by atoms with Gasteiger partial charge in [0.05, 0.1) is 19.8 Å². The number of anilines is 3. The van der Waals surface area contributed by atoms with Crippen LogP contribution in [-0.2, 0) is 11.3 Å². The fourth-order valence-corrected chi connectivity index (χ4v) is 2.65. The van der Waals surface area contributed by atoms with E-state index in [9.17, 15) is 4.79 Å². The monoisotopic (exact) mass is 378 g/mol. The fraction of sp³-hybridized carbons (Fsp3) is 0.190. The Morgan fingerprint density at radius 3 is 2.46 bits per heavy atom. The number of ether oxygens (including phenoxy) is 2. The molecule has 7 nitrogen and oxygen atoms in total. The summed E-state index contributed by atoms with van der Waals surface area (Å²) in [6.45, 7) is 2.45. The van der Waals surface area contributed by atoms with Crippen molar-refractivity contribution in [3.05, 3.63) is 71.5 Å². The molecule has 0 saturated carbocycles. The molecule has 0 bridgehead atoms. The molecule has 1 aromatic heterocycles. The van der Waals surface area contributed by atoms with Crippen molar-refractivity contribution in [2.24, 2.45) is 0 Å². The maximum Gasteiger partial charge on any atom is 0.337 e. The highest BCUT2D eigenvalue weighted by Gasteiger charge is 2.07. The van der Waals surface area contributed by atoms with E-state index in [1.54, 1.807) is 25.3 Å². The molecule has 0 spiro atoms. The second-order valence-corrected chi connectivity index (χ2v) is 6.08. The molecule has 0 aliphatic rings. The molecule has 0 aliphatic carbocycles. The van der Waals surface area contributed by atoms with Crippen molar-refractivity contribution in [1.29, 1.82) is 0 Å². The van der Waals surface area contributed by atoms with E-state index in [-0.39, 0.29) is 5.97 Å². The van der Waals surface area contributed by atoms with Crippen LogP contribution >= 0.6 is 0 Å². The van der Waals surface area contributed by atoms with E-state index < -0.39 is 0 Å². The van der Waals surface area contributed by atoms with Crippen LogP contribution in [0.2, 0.25) is 0 Å². The number of methoxy groups -OCH3 is 2. The molecule has 0 fully saturated rings. The molecule has 28 heavy (non-hydrogen) atoms. The van der Waals surface area contributed by atoms with Crippen LogP contribution in [0, 0.1) is 6.92 Å². The van der Waals surface area contributed by atoms with Gasteiger partial charge in [0.2, 0.25) is 0 Å². The molecule has 2 N–H and O–H groups in total. The minimum absolute atomic E-state index is 0.385. The van der Waals surface area contributed by atoms with E-state index in [4.69, 9.17) is 9.47 Å². The first kappa shape index (κ1) is 19.2. The van der Waals surface area contributed by atoms with Crippen molar-refractivity contribution in [3.8, 4) is 5.75 Å². The molecule has 0 unspecified atom stereocenters. The van der Waals surface area contributed by atoms with Crippen LogP contribution < -0.4 is 15.4 Å². The predicted molar refractivity (Wildman–Crippen MR) is 108 cm³/mol. The summed E-state index contributed by atoms with van der Waals surface area (Å²) in [5.74, 6) is 2.40. The lowest BCUT2D eigenvalue weighted by molar-refractivity contribution is 0.0601. The van der Waals surface area contributed by atoms with E-state index in [0.29, 0.717) is 29.6 Å². The van der Waals surface area contributed by atoms with Gasteiger partial charge in [-0.1, -0.05) is 18.2 Å². The van der Waals surface area contributed by atoms with Crippen LogP contribution in [-0.4, -0.2) is 30.2 Å². The minimum Gasteiger partial charge on any atom is -0.497 e. The molecule has 0 radical (unpaired) electrons.